The fraction of sp³-hybridized carbons (Fsp3) is 0.778. The Morgan fingerprint density at radius 2 is 2.32 bits per heavy atom. The number of likely N-dealkylation sites (tertiary alicyclic amines) is 1. The van der Waals surface area contributed by atoms with Gasteiger partial charge in [0.2, 0.25) is 0 Å². The van der Waals surface area contributed by atoms with E-state index in [0.29, 0.717) is 12.1 Å². The summed E-state index contributed by atoms with van der Waals surface area (Å²) in [4.78, 5) is 5.32. The maximum absolute atomic E-state index is 5.82. The Labute approximate surface area is 134 Å². The van der Waals surface area contributed by atoms with E-state index in [-0.39, 0.29) is 0 Å². The molecule has 22 heavy (non-hydrogen) atoms. The molecular weight excluding hydrogens is 274 g/mol. The molecule has 0 aromatic carbocycles. The van der Waals surface area contributed by atoms with E-state index in [1.807, 2.05) is 12.3 Å². The summed E-state index contributed by atoms with van der Waals surface area (Å²) in [5, 5.41) is 3.54. The largest absolute Gasteiger partial charge is 0.468 e. The molecule has 3 rings (SSSR count). The van der Waals surface area contributed by atoms with Crippen LogP contribution in [0.1, 0.15) is 44.9 Å². The van der Waals surface area contributed by atoms with Crippen LogP contribution in [0.4, 0.5) is 0 Å². The lowest BCUT2D eigenvalue weighted by Gasteiger charge is -2.43. The van der Waals surface area contributed by atoms with Gasteiger partial charge in [-0.1, -0.05) is 13.8 Å². The van der Waals surface area contributed by atoms with E-state index in [4.69, 9.17) is 4.42 Å². The molecule has 3 atom stereocenters. The van der Waals surface area contributed by atoms with Crippen molar-refractivity contribution < 1.29 is 4.42 Å². The SMILES string of the molecule is CCC1CNCCN1C(CN1CCCC(C)C1)c1ccco1. The van der Waals surface area contributed by atoms with Gasteiger partial charge in [0.1, 0.15) is 5.76 Å². The first-order valence-corrected chi connectivity index (χ1v) is 9.00. The van der Waals surface area contributed by atoms with Gasteiger partial charge < -0.3 is 14.6 Å². The number of furan rings is 1. The molecule has 1 aromatic heterocycles. The number of hydrogen-bond acceptors (Lipinski definition) is 4. The summed E-state index contributed by atoms with van der Waals surface area (Å²) in [7, 11) is 0. The molecule has 0 aliphatic carbocycles. The van der Waals surface area contributed by atoms with Crippen molar-refractivity contribution in [2.75, 3.05) is 39.3 Å². The Kier molecular flexibility index (Phi) is 5.55. The van der Waals surface area contributed by atoms with Crippen LogP contribution >= 0.6 is 0 Å². The molecule has 4 heteroatoms. The quantitative estimate of drug-likeness (QED) is 0.906. The van der Waals surface area contributed by atoms with Crippen LogP contribution in [0.2, 0.25) is 0 Å². The van der Waals surface area contributed by atoms with Crippen molar-refractivity contribution in [2.45, 2.75) is 45.2 Å². The lowest BCUT2D eigenvalue weighted by atomic mass is 9.98. The van der Waals surface area contributed by atoms with Gasteiger partial charge in [-0.25, -0.2) is 0 Å². The van der Waals surface area contributed by atoms with Crippen molar-refractivity contribution >= 4 is 0 Å². The Morgan fingerprint density at radius 1 is 1.41 bits per heavy atom. The Morgan fingerprint density at radius 3 is 3.05 bits per heavy atom. The molecule has 2 fully saturated rings. The molecule has 0 radical (unpaired) electrons. The first-order chi connectivity index (χ1) is 10.8. The summed E-state index contributed by atoms with van der Waals surface area (Å²) in [6.45, 7) is 11.6. The van der Waals surface area contributed by atoms with Crippen LogP contribution < -0.4 is 5.32 Å². The molecule has 4 nitrogen and oxygen atoms in total. The van der Waals surface area contributed by atoms with Crippen LogP contribution in [-0.2, 0) is 0 Å². The highest BCUT2D eigenvalue weighted by Gasteiger charge is 2.32. The molecule has 3 unspecified atom stereocenters. The zero-order valence-corrected chi connectivity index (χ0v) is 14.1. The van der Waals surface area contributed by atoms with E-state index in [1.165, 1.54) is 32.4 Å². The second-order valence-electron chi connectivity index (χ2n) is 7.04. The van der Waals surface area contributed by atoms with E-state index in [2.05, 4.69) is 35.0 Å². The molecule has 124 valence electrons. The number of rotatable bonds is 5. The summed E-state index contributed by atoms with van der Waals surface area (Å²) in [6.07, 6.45) is 5.74. The topological polar surface area (TPSA) is 31.6 Å². The fourth-order valence-corrected chi connectivity index (χ4v) is 4.10. The van der Waals surface area contributed by atoms with Crippen LogP contribution in [0.3, 0.4) is 0 Å². The smallest absolute Gasteiger partial charge is 0.122 e. The maximum atomic E-state index is 5.82. The molecule has 2 saturated heterocycles. The normalized spacial score (nSPS) is 29.5. The summed E-state index contributed by atoms with van der Waals surface area (Å²) in [6, 6.07) is 5.20. The average molecular weight is 305 g/mol. The highest BCUT2D eigenvalue weighted by molar-refractivity contribution is 5.07. The predicted octanol–water partition coefficient (Wildman–Crippen LogP) is 2.74. The van der Waals surface area contributed by atoms with Gasteiger partial charge in [0.25, 0.3) is 0 Å². The predicted molar refractivity (Wildman–Crippen MR) is 89.9 cm³/mol. The van der Waals surface area contributed by atoms with Crippen molar-refractivity contribution in [3.63, 3.8) is 0 Å². The van der Waals surface area contributed by atoms with Crippen LogP contribution in [0.25, 0.3) is 0 Å². The van der Waals surface area contributed by atoms with Gasteiger partial charge in [0.15, 0.2) is 0 Å². The van der Waals surface area contributed by atoms with E-state index in [9.17, 15) is 0 Å². The van der Waals surface area contributed by atoms with E-state index >= 15 is 0 Å². The monoisotopic (exact) mass is 305 g/mol. The molecule has 2 aliphatic rings. The van der Waals surface area contributed by atoms with Crippen molar-refractivity contribution in [1.82, 2.24) is 15.1 Å². The molecule has 0 bridgehead atoms. The van der Waals surface area contributed by atoms with Gasteiger partial charge in [-0.15, -0.1) is 0 Å². The molecule has 1 N–H and O–H groups in total. The zero-order valence-electron chi connectivity index (χ0n) is 14.1. The molecular formula is C18H31N3O. The molecule has 2 aliphatic heterocycles. The zero-order chi connectivity index (χ0) is 15.4. The van der Waals surface area contributed by atoms with Crippen LogP contribution in [0, 0.1) is 5.92 Å². The molecule has 0 spiro atoms. The van der Waals surface area contributed by atoms with Crippen LogP contribution in [0.5, 0.6) is 0 Å². The number of hydrogen-bond donors (Lipinski definition) is 1. The third-order valence-electron chi connectivity index (χ3n) is 5.31. The number of nitrogens with zero attached hydrogens (tertiary/aromatic N) is 2. The maximum Gasteiger partial charge on any atom is 0.122 e. The number of piperazine rings is 1. The van der Waals surface area contributed by atoms with Crippen molar-refractivity contribution in [3.8, 4) is 0 Å². The summed E-state index contributed by atoms with van der Waals surface area (Å²) in [5.74, 6) is 1.97. The van der Waals surface area contributed by atoms with E-state index in [1.54, 1.807) is 0 Å². The van der Waals surface area contributed by atoms with Gasteiger partial charge >= 0.3 is 0 Å². The summed E-state index contributed by atoms with van der Waals surface area (Å²) >= 11 is 0. The van der Waals surface area contributed by atoms with Crippen molar-refractivity contribution in [3.05, 3.63) is 24.2 Å². The minimum atomic E-state index is 0.396. The van der Waals surface area contributed by atoms with Gasteiger partial charge in [0.05, 0.1) is 12.3 Å². The molecule has 3 heterocycles. The third kappa shape index (κ3) is 3.73. The van der Waals surface area contributed by atoms with Gasteiger partial charge in [-0.05, 0) is 43.9 Å². The minimum Gasteiger partial charge on any atom is -0.468 e. The Bertz CT molecular complexity index is 434. The van der Waals surface area contributed by atoms with Crippen molar-refractivity contribution in [2.24, 2.45) is 5.92 Å². The second kappa shape index (κ2) is 7.62. The van der Waals surface area contributed by atoms with Crippen molar-refractivity contribution in [1.29, 1.82) is 0 Å². The Balaban J connectivity index is 1.74. The highest BCUT2D eigenvalue weighted by atomic mass is 16.3. The Hall–Kier alpha value is -0.840. The second-order valence-corrected chi connectivity index (χ2v) is 7.04. The third-order valence-corrected chi connectivity index (χ3v) is 5.31. The standard InChI is InChI=1S/C18H31N3O/c1-3-16-12-19-8-10-21(16)17(18-7-5-11-22-18)14-20-9-4-6-15(2)13-20/h5,7,11,15-17,19H,3-4,6,8-10,12-14H2,1-2H3. The fourth-order valence-electron chi connectivity index (χ4n) is 4.10. The highest BCUT2D eigenvalue weighted by Crippen LogP contribution is 2.28. The average Bonchev–Trinajstić information content (AvgIpc) is 3.07. The summed E-state index contributed by atoms with van der Waals surface area (Å²) < 4.78 is 5.82. The first-order valence-electron chi connectivity index (χ1n) is 9.00. The molecule has 0 amide bonds. The van der Waals surface area contributed by atoms with Gasteiger partial charge in [0, 0.05) is 38.8 Å². The first kappa shape index (κ1) is 16.0. The van der Waals surface area contributed by atoms with Gasteiger partial charge in [-0.3, -0.25) is 4.90 Å². The number of nitrogens with one attached hydrogen (secondary N) is 1. The molecule has 1 aromatic rings. The molecule has 0 saturated carbocycles. The van der Waals surface area contributed by atoms with Crippen LogP contribution in [-0.4, -0.2) is 55.1 Å². The van der Waals surface area contributed by atoms with E-state index in [0.717, 1.165) is 37.9 Å². The lowest BCUT2D eigenvalue weighted by molar-refractivity contribution is 0.0515. The van der Waals surface area contributed by atoms with Gasteiger partial charge in [-0.2, -0.15) is 0 Å². The van der Waals surface area contributed by atoms with E-state index < -0.39 is 0 Å². The summed E-state index contributed by atoms with van der Waals surface area (Å²) in [5.41, 5.74) is 0. The number of piperidine rings is 1. The minimum absolute atomic E-state index is 0.396. The van der Waals surface area contributed by atoms with Crippen LogP contribution in [0.15, 0.2) is 22.8 Å². The lowest BCUT2D eigenvalue weighted by Crippen LogP contribution is -2.54.